The molecule has 0 radical (unpaired) electrons. The second-order valence-corrected chi connectivity index (χ2v) is 11.7. The highest BCUT2D eigenvalue weighted by atomic mass is 32.2. The van der Waals surface area contributed by atoms with Crippen LogP contribution in [0.2, 0.25) is 0 Å². The number of sulfonamides is 1. The van der Waals surface area contributed by atoms with E-state index in [9.17, 15) is 25.3 Å². The van der Waals surface area contributed by atoms with Gasteiger partial charge in [-0.25, -0.2) is 30.0 Å². The monoisotopic (exact) mass is 417 g/mol. The molecule has 2 aromatic carbocycles. The molecule has 7 nitrogen and oxygen atoms in total. The second kappa shape index (κ2) is 7.10. The highest BCUT2D eigenvalue weighted by Crippen LogP contribution is 2.20. The van der Waals surface area contributed by atoms with Crippen LogP contribution >= 0.6 is 0 Å². The van der Waals surface area contributed by atoms with Gasteiger partial charge in [0, 0.05) is 18.6 Å². The lowest BCUT2D eigenvalue weighted by atomic mass is 10.1. The Kier molecular flexibility index (Phi) is 5.62. The number of hydrogen-bond acceptors (Lipinski definition) is 6. The largest absolute Gasteiger partial charge is 0.241 e. The standard InChI is InChI=1S/C16H19NO6S3/c1-12(13-4-6-14(7-5-13)24(2,18)19)17-26(22,23)16-10-8-15(9-11-16)25(3,20)21/h4-12,17H,1-3H3/t12-/m1/s1. The molecule has 0 fully saturated rings. The zero-order chi connectivity index (χ0) is 19.8. The lowest BCUT2D eigenvalue weighted by Gasteiger charge is -2.15. The molecule has 0 amide bonds. The molecule has 0 bridgehead atoms. The summed E-state index contributed by atoms with van der Waals surface area (Å²) in [5.41, 5.74) is 0.591. The molecule has 0 aliphatic carbocycles. The van der Waals surface area contributed by atoms with Crippen molar-refractivity contribution in [1.82, 2.24) is 4.72 Å². The fraction of sp³-hybridized carbons (Fsp3) is 0.250. The van der Waals surface area contributed by atoms with Crippen LogP contribution in [-0.4, -0.2) is 37.8 Å². The van der Waals surface area contributed by atoms with E-state index in [1.54, 1.807) is 6.92 Å². The van der Waals surface area contributed by atoms with Gasteiger partial charge in [0.05, 0.1) is 14.7 Å². The van der Waals surface area contributed by atoms with E-state index in [1.165, 1.54) is 48.5 Å². The molecule has 0 aliphatic rings. The van der Waals surface area contributed by atoms with Gasteiger partial charge in [-0.3, -0.25) is 0 Å². The van der Waals surface area contributed by atoms with Gasteiger partial charge in [0.1, 0.15) is 0 Å². The lowest BCUT2D eigenvalue weighted by Crippen LogP contribution is -2.27. The zero-order valence-corrected chi connectivity index (χ0v) is 16.8. The summed E-state index contributed by atoms with van der Waals surface area (Å²) in [5.74, 6) is 0. The summed E-state index contributed by atoms with van der Waals surface area (Å²) in [7, 11) is -10.6. The van der Waals surface area contributed by atoms with Crippen LogP contribution in [0.1, 0.15) is 18.5 Å². The summed E-state index contributed by atoms with van der Waals surface area (Å²) >= 11 is 0. The van der Waals surface area contributed by atoms with Gasteiger partial charge >= 0.3 is 0 Å². The third-order valence-corrected chi connectivity index (χ3v) is 7.52. The normalized spacial score (nSPS) is 14.1. The average Bonchev–Trinajstić information content (AvgIpc) is 2.53. The van der Waals surface area contributed by atoms with Crippen LogP contribution in [0.15, 0.2) is 63.2 Å². The molecule has 0 spiro atoms. The minimum absolute atomic E-state index is 0.0286. The molecule has 0 heterocycles. The SMILES string of the molecule is C[C@@H](NS(=O)(=O)c1ccc(S(C)(=O)=O)cc1)c1ccc(S(C)(=O)=O)cc1. The van der Waals surface area contributed by atoms with Gasteiger partial charge in [0.25, 0.3) is 0 Å². The summed E-state index contributed by atoms with van der Waals surface area (Å²) in [6, 6.07) is 10.2. The number of sulfone groups is 2. The lowest BCUT2D eigenvalue weighted by molar-refractivity contribution is 0.566. The average molecular weight is 418 g/mol. The van der Waals surface area contributed by atoms with Gasteiger partial charge in [0.2, 0.25) is 10.0 Å². The zero-order valence-electron chi connectivity index (χ0n) is 14.4. The molecule has 0 aliphatic heterocycles. The molecule has 1 N–H and O–H groups in total. The number of rotatable bonds is 6. The molecule has 0 aromatic heterocycles. The van der Waals surface area contributed by atoms with Crippen LogP contribution in [-0.2, 0) is 29.7 Å². The van der Waals surface area contributed by atoms with E-state index >= 15 is 0 Å². The minimum Gasteiger partial charge on any atom is -0.224 e. The Morgan fingerprint density at radius 1 is 0.654 bits per heavy atom. The highest BCUT2D eigenvalue weighted by molar-refractivity contribution is 7.91. The molecule has 2 rings (SSSR count). The number of nitrogens with one attached hydrogen (secondary N) is 1. The first-order valence-electron chi connectivity index (χ1n) is 7.43. The summed E-state index contributed by atoms with van der Waals surface area (Å²) in [5, 5.41) is 0. The second-order valence-electron chi connectivity index (χ2n) is 5.93. The van der Waals surface area contributed by atoms with Crippen LogP contribution in [0.3, 0.4) is 0 Å². The quantitative estimate of drug-likeness (QED) is 0.762. The van der Waals surface area contributed by atoms with Crippen molar-refractivity contribution in [3.63, 3.8) is 0 Å². The van der Waals surface area contributed by atoms with E-state index < -0.39 is 35.7 Å². The molecule has 10 heteroatoms. The van der Waals surface area contributed by atoms with E-state index in [1.807, 2.05) is 0 Å². The predicted molar refractivity (Wildman–Crippen MR) is 97.8 cm³/mol. The van der Waals surface area contributed by atoms with Crippen LogP contribution in [0.25, 0.3) is 0 Å². The number of hydrogen-bond donors (Lipinski definition) is 1. The predicted octanol–water partition coefficient (Wildman–Crippen LogP) is 1.53. The van der Waals surface area contributed by atoms with Gasteiger partial charge in [-0.1, -0.05) is 12.1 Å². The van der Waals surface area contributed by atoms with Gasteiger partial charge in [-0.2, -0.15) is 0 Å². The molecule has 2 aromatic rings. The molecule has 1 atom stereocenters. The van der Waals surface area contributed by atoms with Crippen molar-refractivity contribution in [3.05, 3.63) is 54.1 Å². The fourth-order valence-corrected chi connectivity index (χ4v) is 4.73. The van der Waals surface area contributed by atoms with Crippen molar-refractivity contribution in [2.24, 2.45) is 0 Å². The fourth-order valence-electron chi connectivity index (χ4n) is 2.24. The minimum atomic E-state index is -3.87. The third kappa shape index (κ3) is 4.91. The Morgan fingerprint density at radius 2 is 1.00 bits per heavy atom. The summed E-state index contributed by atoms with van der Waals surface area (Å²) in [4.78, 5) is 0.109. The Morgan fingerprint density at radius 3 is 1.38 bits per heavy atom. The molecule has 0 saturated carbocycles. The van der Waals surface area contributed by atoms with Gasteiger partial charge in [-0.05, 0) is 48.9 Å². The molecular weight excluding hydrogens is 398 g/mol. The maximum Gasteiger partial charge on any atom is 0.241 e. The first-order chi connectivity index (χ1) is 11.8. The van der Waals surface area contributed by atoms with E-state index in [4.69, 9.17) is 0 Å². The Bertz CT molecular complexity index is 1100. The van der Waals surface area contributed by atoms with Gasteiger partial charge in [0.15, 0.2) is 19.7 Å². The van der Waals surface area contributed by atoms with Gasteiger partial charge < -0.3 is 0 Å². The van der Waals surface area contributed by atoms with Crippen LogP contribution in [0.4, 0.5) is 0 Å². The molecular formula is C16H19NO6S3. The summed E-state index contributed by atoms with van der Waals surface area (Å²) in [6.07, 6.45) is 2.13. The third-order valence-electron chi connectivity index (χ3n) is 3.70. The maximum atomic E-state index is 12.4. The Hall–Kier alpha value is -1.75. The Balaban J connectivity index is 2.23. The summed E-state index contributed by atoms with van der Waals surface area (Å²) < 4.78 is 73.2. The Labute approximate surface area is 154 Å². The van der Waals surface area contributed by atoms with E-state index in [2.05, 4.69) is 4.72 Å². The van der Waals surface area contributed by atoms with Crippen LogP contribution < -0.4 is 4.72 Å². The van der Waals surface area contributed by atoms with Crippen molar-refractivity contribution in [2.45, 2.75) is 27.7 Å². The first kappa shape index (κ1) is 20.6. The van der Waals surface area contributed by atoms with E-state index in [0.717, 1.165) is 12.5 Å². The molecule has 26 heavy (non-hydrogen) atoms. The van der Waals surface area contributed by atoms with Crippen molar-refractivity contribution in [1.29, 1.82) is 0 Å². The highest BCUT2D eigenvalue weighted by Gasteiger charge is 2.19. The molecule has 0 saturated heterocycles. The van der Waals surface area contributed by atoms with Crippen molar-refractivity contribution in [2.75, 3.05) is 12.5 Å². The van der Waals surface area contributed by atoms with E-state index in [0.29, 0.717) is 5.56 Å². The molecule has 142 valence electrons. The first-order valence-corrected chi connectivity index (χ1v) is 12.7. The van der Waals surface area contributed by atoms with E-state index in [-0.39, 0.29) is 14.7 Å². The van der Waals surface area contributed by atoms with Gasteiger partial charge in [-0.15, -0.1) is 0 Å². The van der Waals surface area contributed by atoms with Crippen LogP contribution in [0.5, 0.6) is 0 Å². The summed E-state index contributed by atoms with van der Waals surface area (Å²) in [6.45, 7) is 1.62. The van der Waals surface area contributed by atoms with Crippen molar-refractivity contribution >= 4 is 29.7 Å². The maximum absolute atomic E-state index is 12.4. The van der Waals surface area contributed by atoms with Crippen LogP contribution in [0, 0.1) is 0 Å². The van der Waals surface area contributed by atoms with Crippen molar-refractivity contribution in [3.8, 4) is 0 Å². The topological polar surface area (TPSA) is 114 Å². The smallest absolute Gasteiger partial charge is 0.224 e. The number of benzene rings is 2. The van der Waals surface area contributed by atoms with Crippen molar-refractivity contribution < 1.29 is 25.3 Å². The molecule has 0 unspecified atom stereocenters.